The number of likely N-dealkylation sites (tertiary alicyclic amines) is 1. The number of amides is 4. The molecule has 4 unspecified atom stereocenters. The van der Waals surface area contributed by atoms with E-state index in [1.807, 2.05) is 0 Å². The molecule has 4 heterocycles. The fourth-order valence-electron chi connectivity index (χ4n) is 4.99. The molecule has 4 saturated heterocycles. The molecule has 0 spiro atoms. The monoisotopic (exact) mass is 467 g/mol. The van der Waals surface area contributed by atoms with Gasteiger partial charge < -0.3 is 14.5 Å². The second-order valence-electron chi connectivity index (χ2n) is 8.74. The van der Waals surface area contributed by atoms with Crippen LogP contribution in [-0.4, -0.2) is 99.6 Å². The van der Waals surface area contributed by atoms with Crippen LogP contribution in [0.3, 0.4) is 0 Å². The van der Waals surface area contributed by atoms with Crippen molar-refractivity contribution < 1.29 is 23.9 Å². The first-order valence-corrected chi connectivity index (χ1v) is 12.7. The van der Waals surface area contributed by atoms with Crippen molar-refractivity contribution >= 4 is 35.6 Å². The molecule has 32 heavy (non-hydrogen) atoms. The number of ether oxygens (including phenoxy) is 1. The summed E-state index contributed by atoms with van der Waals surface area (Å²) in [5, 5.41) is 1.12. The molecule has 4 amide bonds. The van der Waals surface area contributed by atoms with Crippen LogP contribution in [0.15, 0.2) is 0 Å². The number of unbranched alkanes of at least 4 members (excludes halogenated alkanes) is 1. The van der Waals surface area contributed by atoms with E-state index in [0.717, 1.165) is 31.4 Å². The number of urea groups is 1. The molecule has 4 aliphatic rings. The summed E-state index contributed by atoms with van der Waals surface area (Å²) in [6.45, 7) is 5.49. The lowest BCUT2D eigenvalue weighted by Crippen LogP contribution is -2.66. The maximum Gasteiger partial charge on any atom is 0.337 e. The Kier molecular flexibility index (Phi) is 7.14. The van der Waals surface area contributed by atoms with E-state index in [4.69, 9.17) is 4.74 Å². The Bertz CT molecular complexity index is 767. The van der Waals surface area contributed by atoms with Crippen LogP contribution in [0.5, 0.6) is 0 Å². The number of hydrogen-bond acceptors (Lipinski definition) is 7. The topological polar surface area (TPSA) is 103 Å². The van der Waals surface area contributed by atoms with E-state index in [-0.39, 0.29) is 47.6 Å². The van der Waals surface area contributed by atoms with E-state index in [0.29, 0.717) is 32.7 Å². The summed E-state index contributed by atoms with van der Waals surface area (Å²) in [6.07, 6.45) is 3.48. The number of thioether (sulfide) groups is 1. The van der Waals surface area contributed by atoms with Gasteiger partial charge in [-0.05, 0) is 38.4 Å². The minimum atomic E-state index is -0.539. The average Bonchev–Trinajstić information content (AvgIpc) is 3.39. The van der Waals surface area contributed by atoms with Crippen molar-refractivity contribution in [3.8, 4) is 0 Å². The Morgan fingerprint density at radius 3 is 2.78 bits per heavy atom. The molecular formula is C21H33N5O5S. The van der Waals surface area contributed by atoms with E-state index in [9.17, 15) is 19.2 Å². The second kappa shape index (κ2) is 9.86. The predicted octanol–water partition coefficient (Wildman–Crippen LogP) is 0.830. The highest BCUT2D eigenvalue weighted by atomic mass is 32.2. The van der Waals surface area contributed by atoms with Crippen LogP contribution in [-0.2, 0) is 19.1 Å². The molecule has 0 saturated carbocycles. The quantitative estimate of drug-likeness (QED) is 0.553. The summed E-state index contributed by atoms with van der Waals surface area (Å²) in [6, 6.07) is -0.396. The maximum absolute atomic E-state index is 13.3. The number of carbonyl (C=O) groups is 4. The highest BCUT2D eigenvalue weighted by Crippen LogP contribution is 2.39. The van der Waals surface area contributed by atoms with Gasteiger partial charge in [0.25, 0.3) is 0 Å². The van der Waals surface area contributed by atoms with Gasteiger partial charge in [-0.1, -0.05) is 13.3 Å². The zero-order valence-corrected chi connectivity index (χ0v) is 19.6. The van der Waals surface area contributed by atoms with Crippen molar-refractivity contribution in [2.75, 3.05) is 38.5 Å². The largest absolute Gasteiger partial charge is 0.466 e. The number of hydrogen-bond donors (Lipinski definition) is 1. The van der Waals surface area contributed by atoms with Crippen LogP contribution >= 0.6 is 11.8 Å². The van der Waals surface area contributed by atoms with Crippen LogP contribution in [0.1, 0.15) is 46.0 Å². The molecule has 0 radical (unpaired) electrons. The third kappa shape index (κ3) is 4.28. The second-order valence-corrected chi connectivity index (χ2v) is 9.99. The van der Waals surface area contributed by atoms with Crippen LogP contribution < -0.4 is 5.43 Å². The zero-order chi connectivity index (χ0) is 22.8. The van der Waals surface area contributed by atoms with Crippen LogP contribution in [0.4, 0.5) is 4.79 Å². The summed E-state index contributed by atoms with van der Waals surface area (Å²) < 4.78 is 5.12. The van der Waals surface area contributed by atoms with Crippen molar-refractivity contribution in [3.05, 3.63) is 0 Å². The number of piperidine rings is 1. The molecule has 4 atom stereocenters. The number of esters is 1. The van der Waals surface area contributed by atoms with Gasteiger partial charge in [-0.3, -0.25) is 19.3 Å². The molecule has 4 rings (SSSR count). The summed E-state index contributed by atoms with van der Waals surface area (Å²) >= 11 is 1.62. The smallest absolute Gasteiger partial charge is 0.337 e. The third-order valence-corrected chi connectivity index (χ3v) is 8.01. The molecular weight excluding hydrogens is 434 g/mol. The van der Waals surface area contributed by atoms with Crippen molar-refractivity contribution in [1.29, 1.82) is 0 Å². The lowest BCUT2D eigenvalue weighted by molar-refractivity contribution is -0.151. The summed E-state index contributed by atoms with van der Waals surface area (Å²) in [7, 11) is 0. The first kappa shape index (κ1) is 23.2. The van der Waals surface area contributed by atoms with Crippen LogP contribution in [0.2, 0.25) is 0 Å². The molecule has 1 N–H and O–H groups in total. The molecule has 4 aliphatic heterocycles. The number of nitrogens with zero attached hydrogens (tertiary/aromatic N) is 4. The number of rotatable bonds is 7. The third-order valence-electron chi connectivity index (χ3n) is 6.67. The highest BCUT2D eigenvalue weighted by molar-refractivity contribution is 8.00. The summed E-state index contributed by atoms with van der Waals surface area (Å²) in [4.78, 5) is 56.6. The van der Waals surface area contributed by atoms with Crippen molar-refractivity contribution in [1.82, 2.24) is 25.1 Å². The van der Waals surface area contributed by atoms with Gasteiger partial charge in [-0.2, -0.15) is 5.43 Å². The lowest BCUT2D eigenvalue weighted by atomic mass is 9.98. The van der Waals surface area contributed by atoms with Gasteiger partial charge in [0.15, 0.2) is 6.29 Å². The molecule has 178 valence electrons. The standard InChI is InChI=1S/C21H33N5O5S/c1-3-5-10-24-18(28)17-15(8-11-32-17)26-20(24)22-25(21(26)30)13-16(27)23-9-6-7-14(12-23)19(29)31-4-2/h14-15,17,20,22H,3-13H2,1-2H3. The summed E-state index contributed by atoms with van der Waals surface area (Å²) in [5.74, 6) is 0.130. The minimum absolute atomic E-state index is 0.0778. The summed E-state index contributed by atoms with van der Waals surface area (Å²) in [5.41, 5.74) is 3.14. The molecule has 11 heteroatoms. The Hall–Kier alpha value is -2.01. The molecule has 0 aromatic rings. The Morgan fingerprint density at radius 2 is 2.03 bits per heavy atom. The fraction of sp³-hybridized carbons (Fsp3) is 0.810. The normalized spacial score (nSPS) is 29.9. The van der Waals surface area contributed by atoms with E-state index in [1.54, 1.807) is 33.4 Å². The molecule has 0 aliphatic carbocycles. The Labute approximate surface area is 192 Å². The number of nitrogens with one attached hydrogen (secondary N) is 1. The number of fused-ring (bicyclic) bond motifs is 3. The van der Waals surface area contributed by atoms with Gasteiger partial charge in [0.2, 0.25) is 11.8 Å². The number of hydrazine groups is 1. The first-order valence-electron chi connectivity index (χ1n) is 11.7. The maximum atomic E-state index is 13.3. The van der Waals surface area contributed by atoms with E-state index in [2.05, 4.69) is 12.3 Å². The minimum Gasteiger partial charge on any atom is -0.466 e. The molecule has 0 bridgehead atoms. The highest BCUT2D eigenvalue weighted by Gasteiger charge is 2.56. The number of carbonyl (C=O) groups excluding carboxylic acids is 4. The molecule has 10 nitrogen and oxygen atoms in total. The van der Waals surface area contributed by atoms with Gasteiger partial charge in [0, 0.05) is 19.6 Å². The van der Waals surface area contributed by atoms with Crippen LogP contribution in [0.25, 0.3) is 0 Å². The van der Waals surface area contributed by atoms with Gasteiger partial charge in [0.1, 0.15) is 11.8 Å². The molecule has 4 fully saturated rings. The van der Waals surface area contributed by atoms with Crippen molar-refractivity contribution in [2.24, 2.45) is 5.92 Å². The molecule has 0 aromatic heterocycles. The average molecular weight is 468 g/mol. The van der Waals surface area contributed by atoms with Gasteiger partial charge in [-0.15, -0.1) is 11.8 Å². The van der Waals surface area contributed by atoms with E-state index >= 15 is 0 Å². The Morgan fingerprint density at radius 1 is 1.22 bits per heavy atom. The van der Waals surface area contributed by atoms with E-state index < -0.39 is 6.29 Å². The fourth-order valence-corrected chi connectivity index (χ4v) is 6.39. The van der Waals surface area contributed by atoms with Gasteiger partial charge in [-0.25, -0.2) is 9.80 Å². The van der Waals surface area contributed by atoms with Crippen molar-refractivity contribution in [2.45, 2.75) is 63.5 Å². The van der Waals surface area contributed by atoms with Crippen molar-refractivity contribution in [3.63, 3.8) is 0 Å². The van der Waals surface area contributed by atoms with Gasteiger partial charge in [0.05, 0.1) is 18.6 Å². The van der Waals surface area contributed by atoms with E-state index in [1.165, 1.54) is 5.01 Å². The SMILES string of the molecule is CCCCN1C(=O)C2SCCC2N2C(=O)N(CC(=O)N3CCCC(C(=O)OCC)C3)NC12. The predicted molar refractivity (Wildman–Crippen MR) is 118 cm³/mol. The molecule has 0 aromatic carbocycles. The first-order chi connectivity index (χ1) is 15.5. The Balaban J connectivity index is 1.44. The van der Waals surface area contributed by atoms with Crippen LogP contribution in [0, 0.1) is 5.92 Å². The van der Waals surface area contributed by atoms with Gasteiger partial charge >= 0.3 is 12.0 Å². The lowest BCUT2D eigenvalue weighted by Gasteiger charge is -2.44. The zero-order valence-electron chi connectivity index (χ0n) is 18.8.